The van der Waals surface area contributed by atoms with Crippen LogP contribution < -0.4 is 10.9 Å². The Morgan fingerprint density at radius 3 is 2.47 bits per heavy atom. The molecule has 1 aromatic heterocycles. The number of benzene rings is 2. The first-order valence-electron chi connectivity index (χ1n) is 9.96. The minimum absolute atomic E-state index is 0.115. The molecule has 0 radical (unpaired) electrons. The van der Waals surface area contributed by atoms with Crippen molar-refractivity contribution in [3.05, 3.63) is 82.1 Å². The van der Waals surface area contributed by atoms with Gasteiger partial charge in [-0.1, -0.05) is 48.9 Å². The number of unbranched alkanes of at least 4 members (excludes halogenated alkanes) is 2. The second-order valence-corrected chi connectivity index (χ2v) is 7.14. The summed E-state index contributed by atoms with van der Waals surface area (Å²) in [6.45, 7) is 0.851. The molecule has 0 aliphatic rings. The van der Waals surface area contributed by atoms with Crippen LogP contribution in [0.15, 0.2) is 65.6 Å². The van der Waals surface area contributed by atoms with Crippen LogP contribution in [0.25, 0.3) is 10.9 Å². The number of para-hydroxylation sites is 1. The van der Waals surface area contributed by atoms with Gasteiger partial charge in [-0.3, -0.25) is 19.6 Å². The van der Waals surface area contributed by atoms with Crippen LogP contribution in [0.3, 0.4) is 0 Å². The molecule has 2 aromatic carbocycles. The van der Waals surface area contributed by atoms with Gasteiger partial charge in [-0.25, -0.2) is 5.48 Å². The van der Waals surface area contributed by atoms with Crippen LogP contribution in [0.5, 0.6) is 0 Å². The summed E-state index contributed by atoms with van der Waals surface area (Å²) in [5, 5.41) is 9.04. The zero-order chi connectivity index (χ0) is 21.3. The normalized spacial score (nSPS) is 10.7. The fraction of sp³-hybridized carbons (Fsp3) is 0.261. The van der Waals surface area contributed by atoms with E-state index in [1.807, 2.05) is 36.4 Å². The Kier molecular flexibility index (Phi) is 7.34. The van der Waals surface area contributed by atoms with Crippen LogP contribution in [0, 0.1) is 0 Å². The van der Waals surface area contributed by atoms with Crippen molar-refractivity contribution in [3.63, 3.8) is 0 Å². The zero-order valence-electron chi connectivity index (χ0n) is 16.6. The fourth-order valence-electron chi connectivity index (χ4n) is 3.37. The van der Waals surface area contributed by atoms with Gasteiger partial charge in [-0.2, -0.15) is 0 Å². The van der Waals surface area contributed by atoms with Crippen molar-refractivity contribution >= 4 is 22.7 Å². The van der Waals surface area contributed by atoms with Gasteiger partial charge in [0.25, 0.3) is 5.91 Å². The standard InChI is InChI=1S/C23H25N3O4/c27-21(25-30)13-5-2-8-14-26(16-17-9-3-1-4-10-17)23(29)19-15-24-20-12-7-6-11-18(20)22(19)28/h1,3-4,6-7,9-12,15,30H,2,5,8,13-14,16H2,(H,24,28)(H,25,27). The maximum absolute atomic E-state index is 13.2. The van der Waals surface area contributed by atoms with E-state index < -0.39 is 5.91 Å². The number of H-pyrrole nitrogens is 1. The van der Waals surface area contributed by atoms with Crippen LogP contribution in [0.1, 0.15) is 41.6 Å². The molecule has 2 amide bonds. The SMILES string of the molecule is O=C(CCCCCN(Cc1ccccc1)C(=O)c1c[nH]c2ccccc2c1=O)NO. The Morgan fingerprint density at radius 1 is 0.967 bits per heavy atom. The van der Waals surface area contributed by atoms with Gasteiger partial charge in [-0.15, -0.1) is 0 Å². The lowest BCUT2D eigenvalue weighted by atomic mass is 10.1. The van der Waals surface area contributed by atoms with Gasteiger partial charge in [0, 0.05) is 36.6 Å². The Labute approximate surface area is 174 Å². The number of carbonyl (C=O) groups excluding carboxylic acids is 2. The van der Waals surface area contributed by atoms with Crippen molar-refractivity contribution in [1.82, 2.24) is 15.4 Å². The summed E-state index contributed by atoms with van der Waals surface area (Å²) in [5.41, 5.74) is 3.11. The zero-order valence-corrected chi connectivity index (χ0v) is 16.6. The second-order valence-electron chi connectivity index (χ2n) is 7.14. The minimum atomic E-state index is -0.421. The average Bonchev–Trinajstić information content (AvgIpc) is 2.78. The van der Waals surface area contributed by atoms with Gasteiger partial charge in [0.05, 0.1) is 0 Å². The minimum Gasteiger partial charge on any atom is -0.360 e. The molecule has 0 fully saturated rings. The maximum atomic E-state index is 13.2. The van der Waals surface area contributed by atoms with E-state index in [2.05, 4.69) is 4.98 Å². The number of rotatable bonds is 9. The number of hydroxylamine groups is 1. The molecule has 0 atom stereocenters. The summed E-state index contributed by atoms with van der Waals surface area (Å²) in [4.78, 5) is 41.9. The van der Waals surface area contributed by atoms with E-state index in [9.17, 15) is 14.4 Å². The molecule has 3 N–H and O–H groups in total. The summed E-state index contributed by atoms with van der Waals surface area (Å²) in [6.07, 6.45) is 3.73. The molecule has 0 saturated carbocycles. The predicted octanol–water partition coefficient (Wildman–Crippen LogP) is 3.24. The Hall–Kier alpha value is -3.45. The van der Waals surface area contributed by atoms with E-state index in [4.69, 9.17) is 5.21 Å². The number of aromatic amines is 1. The number of pyridine rings is 1. The number of nitrogens with zero attached hydrogens (tertiary/aromatic N) is 1. The Bertz CT molecular complexity index is 1060. The van der Waals surface area contributed by atoms with Crippen molar-refractivity contribution in [2.24, 2.45) is 0 Å². The predicted molar refractivity (Wildman–Crippen MR) is 114 cm³/mol. The smallest absolute Gasteiger partial charge is 0.259 e. The first kappa shape index (κ1) is 21.3. The Morgan fingerprint density at radius 2 is 1.70 bits per heavy atom. The van der Waals surface area contributed by atoms with E-state index in [1.165, 1.54) is 6.20 Å². The number of hydrogen-bond acceptors (Lipinski definition) is 4. The van der Waals surface area contributed by atoms with Gasteiger partial charge >= 0.3 is 0 Å². The summed E-state index contributed by atoms with van der Waals surface area (Å²) < 4.78 is 0. The summed E-state index contributed by atoms with van der Waals surface area (Å²) in [6, 6.07) is 16.7. The van der Waals surface area contributed by atoms with Crippen LogP contribution in [0.2, 0.25) is 0 Å². The van der Waals surface area contributed by atoms with Gasteiger partial charge < -0.3 is 9.88 Å². The number of hydrogen-bond donors (Lipinski definition) is 3. The van der Waals surface area contributed by atoms with Gasteiger partial charge in [0.15, 0.2) is 0 Å². The molecule has 30 heavy (non-hydrogen) atoms. The molecule has 1 heterocycles. The summed E-state index contributed by atoms with van der Waals surface area (Å²) in [7, 11) is 0. The third-order valence-electron chi connectivity index (χ3n) is 4.98. The van der Waals surface area contributed by atoms with Crippen molar-refractivity contribution in [3.8, 4) is 0 Å². The number of amides is 2. The first-order valence-corrected chi connectivity index (χ1v) is 9.96. The van der Waals surface area contributed by atoms with Crippen molar-refractivity contribution < 1.29 is 14.8 Å². The number of fused-ring (bicyclic) bond motifs is 1. The van der Waals surface area contributed by atoms with Gasteiger partial charge in [-0.05, 0) is 30.5 Å². The molecule has 3 aromatic rings. The molecule has 7 nitrogen and oxygen atoms in total. The highest BCUT2D eigenvalue weighted by atomic mass is 16.5. The lowest BCUT2D eigenvalue weighted by Crippen LogP contribution is -2.34. The highest BCUT2D eigenvalue weighted by Crippen LogP contribution is 2.13. The molecule has 0 aliphatic carbocycles. The van der Waals surface area contributed by atoms with E-state index in [-0.39, 0.29) is 23.3 Å². The van der Waals surface area contributed by atoms with E-state index in [1.54, 1.807) is 28.6 Å². The molecule has 0 saturated heterocycles. The van der Waals surface area contributed by atoms with Crippen molar-refractivity contribution in [2.75, 3.05) is 6.54 Å². The summed E-state index contributed by atoms with van der Waals surface area (Å²) >= 11 is 0. The molecule has 0 spiro atoms. The van der Waals surface area contributed by atoms with Crippen LogP contribution in [0.4, 0.5) is 0 Å². The Balaban J connectivity index is 1.77. The molecule has 0 bridgehead atoms. The molecular formula is C23H25N3O4. The van der Waals surface area contributed by atoms with Gasteiger partial charge in [0.2, 0.25) is 11.3 Å². The van der Waals surface area contributed by atoms with E-state index in [0.717, 1.165) is 12.0 Å². The highest BCUT2D eigenvalue weighted by Gasteiger charge is 2.20. The topological polar surface area (TPSA) is 103 Å². The second kappa shape index (κ2) is 10.4. The monoisotopic (exact) mass is 407 g/mol. The molecule has 3 rings (SSSR count). The molecule has 0 unspecified atom stereocenters. The van der Waals surface area contributed by atoms with Crippen LogP contribution in [-0.4, -0.2) is 33.5 Å². The van der Waals surface area contributed by atoms with Crippen molar-refractivity contribution in [1.29, 1.82) is 0 Å². The lowest BCUT2D eigenvalue weighted by molar-refractivity contribution is -0.129. The third kappa shape index (κ3) is 5.33. The van der Waals surface area contributed by atoms with Crippen molar-refractivity contribution in [2.45, 2.75) is 32.2 Å². The number of nitrogens with one attached hydrogen (secondary N) is 2. The first-order chi connectivity index (χ1) is 14.6. The highest BCUT2D eigenvalue weighted by molar-refractivity contribution is 5.97. The van der Waals surface area contributed by atoms with Crippen LogP contribution in [-0.2, 0) is 11.3 Å². The van der Waals surface area contributed by atoms with E-state index in [0.29, 0.717) is 36.8 Å². The van der Waals surface area contributed by atoms with Crippen LogP contribution >= 0.6 is 0 Å². The molecule has 0 aliphatic heterocycles. The molecule has 7 heteroatoms. The van der Waals surface area contributed by atoms with E-state index >= 15 is 0 Å². The number of aromatic nitrogens is 1. The number of carbonyl (C=O) groups is 2. The van der Waals surface area contributed by atoms with Gasteiger partial charge in [0.1, 0.15) is 5.56 Å². The lowest BCUT2D eigenvalue weighted by Gasteiger charge is -2.23. The average molecular weight is 407 g/mol. The maximum Gasteiger partial charge on any atom is 0.259 e. The molecule has 156 valence electrons. The quantitative estimate of drug-likeness (QED) is 0.288. The summed E-state index contributed by atoms with van der Waals surface area (Å²) in [5.74, 6) is -0.742. The largest absolute Gasteiger partial charge is 0.360 e. The third-order valence-corrected chi connectivity index (χ3v) is 4.98. The fourth-order valence-corrected chi connectivity index (χ4v) is 3.37. The molecular weight excluding hydrogens is 382 g/mol.